The molecule has 0 amide bonds. The van der Waals surface area contributed by atoms with Gasteiger partial charge >= 0.3 is 0 Å². The second-order valence-corrected chi connectivity index (χ2v) is 15.4. The van der Waals surface area contributed by atoms with Crippen LogP contribution in [0.25, 0.3) is 61.7 Å². The van der Waals surface area contributed by atoms with Gasteiger partial charge in [-0.15, -0.1) is 0 Å². The first kappa shape index (κ1) is 30.1. The third-order valence-electron chi connectivity index (χ3n) is 11.8. The van der Waals surface area contributed by atoms with Gasteiger partial charge in [-0.3, -0.25) is 0 Å². The summed E-state index contributed by atoms with van der Waals surface area (Å²) in [4.78, 5) is 0. The standard InChI is InChI=1S/C47H42N2/c1-7-8-28-10-16-36-38-20-14-32(26-44(38)47(6,49)42(36)22-28)30-12-18-34-33-17-11-29(23-39(33)45(3,4)40(34)24-30)31-13-19-37-35-15-9-27(2)21-41(35)46(5,48)43(37)25-31/h7-26H,48-49H2,1-6H3/b8-7+. The number of benzene rings is 6. The lowest BCUT2D eigenvalue weighted by molar-refractivity contribution is 0.620. The number of hydrogen-bond acceptors (Lipinski definition) is 2. The van der Waals surface area contributed by atoms with Crippen molar-refractivity contribution in [2.75, 3.05) is 0 Å². The van der Waals surface area contributed by atoms with Crippen LogP contribution in [0.15, 0.2) is 115 Å². The van der Waals surface area contributed by atoms with Crippen molar-refractivity contribution in [2.24, 2.45) is 11.5 Å². The number of nitrogens with two attached hydrogens (primary N) is 2. The molecule has 0 radical (unpaired) electrons. The fraction of sp³-hybridized carbons (Fsp3) is 0.191. The Kier molecular flexibility index (Phi) is 6.14. The summed E-state index contributed by atoms with van der Waals surface area (Å²) in [6.45, 7) is 13.2. The van der Waals surface area contributed by atoms with Gasteiger partial charge in [0.1, 0.15) is 0 Å². The van der Waals surface area contributed by atoms with Crippen molar-refractivity contribution in [3.8, 4) is 55.6 Å². The van der Waals surface area contributed by atoms with Gasteiger partial charge in [-0.05, 0) is 153 Å². The fourth-order valence-corrected chi connectivity index (χ4v) is 9.01. The van der Waals surface area contributed by atoms with Gasteiger partial charge in [0.2, 0.25) is 0 Å². The van der Waals surface area contributed by atoms with Gasteiger partial charge in [-0.2, -0.15) is 0 Å². The summed E-state index contributed by atoms with van der Waals surface area (Å²) in [5.74, 6) is 0. The van der Waals surface area contributed by atoms with E-state index in [0.29, 0.717) is 0 Å². The predicted molar refractivity (Wildman–Crippen MR) is 206 cm³/mol. The summed E-state index contributed by atoms with van der Waals surface area (Å²) in [7, 11) is 0. The van der Waals surface area contributed by atoms with Gasteiger partial charge < -0.3 is 11.5 Å². The minimum absolute atomic E-state index is 0.151. The molecule has 2 atom stereocenters. The molecule has 0 spiro atoms. The Bertz CT molecular complexity index is 2430. The first-order valence-electron chi connectivity index (χ1n) is 17.5. The molecule has 0 bridgehead atoms. The predicted octanol–water partition coefficient (Wildman–Crippen LogP) is 11.1. The SMILES string of the molecule is C/C=C/c1ccc2c(c1)C(C)(N)c1cc(-c3ccc4c(c3)C(C)(C)c3cc(-c5ccc6c(c5)C(C)(N)c5cc(C)ccc5-6)ccc3-4)ccc1-2. The van der Waals surface area contributed by atoms with Crippen LogP contribution < -0.4 is 11.5 Å². The van der Waals surface area contributed by atoms with Crippen LogP contribution in [0, 0.1) is 6.92 Å². The molecule has 0 aliphatic heterocycles. The average Bonchev–Trinajstić information content (AvgIpc) is 3.56. The minimum atomic E-state index is -0.554. The average molecular weight is 635 g/mol. The lowest BCUT2D eigenvalue weighted by Gasteiger charge is -2.24. The summed E-state index contributed by atoms with van der Waals surface area (Å²) >= 11 is 0. The van der Waals surface area contributed by atoms with Crippen molar-refractivity contribution < 1.29 is 0 Å². The molecule has 49 heavy (non-hydrogen) atoms. The van der Waals surface area contributed by atoms with E-state index in [-0.39, 0.29) is 5.41 Å². The van der Waals surface area contributed by atoms with Crippen molar-refractivity contribution in [2.45, 2.75) is 58.0 Å². The van der Waals surface area contributed by atoms with Gasteiger partial charge in [-0.1, -0.05) is 110 Å². The highest BCUT2D eigenvalue weighted by molar-refractivity contribution is 5.89. The monoisotopic (exact) mass is 634 g/mol. The van der Waals surface area contributed by atoms with E-state index in [1.165, 1.54) is 100 Å². The first-order chi connectivity index (χ1) is 23.4. The van der Waals surface area contributed by atoms with Gasteiger partial charge in [0.25, 0.3) is 0 Å². The molecule has 0 heterocycles. The van der Waals surface area contributed by atoms with Gasteiger partial charge in [0, 0.05) is 5.41 Å². The maximum Gasteiger partial charge on any atom is 0.0649 e. The molecule has 3 aliphatic rings. The lowest BCUT2D eigenvalue weighted by Crippen LogP contribution is -2.31. The second-order valence-electron chi connectivity index (χ2n) is 15.4. The number of hydrogen-bond donors (Lipinski definition) is 2. The quantitative estimate of drug-likeness (QED) is 0.203. The normalized spacial score (nSPS) is 20.5. The summed E-state index contributed by atoms with van der Waals surface area (Å²) in [6, 6.07) is 41.0. The van der Waals surface area contributed by atoms with E-state index in [2.05, 4.69) is 163 Å². The summed E-state index contributed by atoms with van der Waals surface area (Å²) in [5, 5.41) is 0. The fourth-order valence-electron chi connectivity index (χ4n) is 9.01. The Morgan fingerprint density at radius 3 is 1.22 bits per heavy atom. The largest absolute Gasteiger partial charge is 0.318 e. The maximum atomic E-state index is 7.11. The van der Waals surface area contributed by atoms with E-state index in [1.54, 1.807) is 0 Å². The summed E-state index contributed by atoms with van der Waals surface area (Å²) < 4.78 is 0. The molecular formula is C47H42N2. The highest BCUT2D eigenvalue weighted by atomic mass is 14.8. The van der Waals surface area contributed by atoms with E-state index in [9.17, 15) is 0 Å². The van der Waals surface area contributed by atoms with E-state index in [0.717, 1.165) is 0 Å². The number of rotatable bonds is 3. The van der Waals surface area contributed by atoms with E-state index < -0.39 is 11.1 Å². The zero-order chi connectivity index (χ0) is 34.0. The molecule has 0 saturated carbocycles. The molecule has 0 aromatic heterocycles. The Labute approximate surface area is 290 Å². The van der Waals surface area contributed by atoms with E-state index in [1.807, 2.05) is 0 Å². The number of fused-ring (bicyclic) bond motifs is 9. The molecular weight excluding hydrogens is 593 g/mol. The molecule has 9 rings (SSSR count). The molecule has 4 N–H and O–H groups in total. The maximum absolute atomic E-state index is 7.11. The molecule has 2 nitrogen and oxygen atoms in total. The highest BCUT2D eigenvalue weighted by Gasteiger charge is 2.39. The first-order valence-corrected chi connectivity index (χ1v) is 17.5. The zero-order valence-electron chi connectivity index (χ0n) is 29.2. The Hall–Kier alpha value is -5.02. The Balaban J connectivity index is 1.07. The molecule has 6 aromatic rings. The van der Waals surface area contributed by atoms with Gasteiger partial charge in [0.05, 0.1) is 11.1 Å². The van der Waals surface area contributed by atoms with Crippen LogP contribution in [0.1, 0.15) is 79.1 Å². The second kappa shape index (κ2) is 10.0. The molecule has 3 aliphatic carbocycles. The van der Waals surface area contributed by atoms with E-state index in [4.69, 9.17) is 11.5 Å². The van der Waals surface area contributed by atoms with Crippen molar-refractivity contribution >= 4 is 6.08 Å². The van der Waals surface area contributed by atoms with Gasteiger partial charge in [-0.25, -0.2) is 0 Å². The number of aryl methyl sites for hydroxylation is 1. The molecule has 0 saturated heterocycles. The van der Waals surface area contributed by atoms with Crippen molar-refractivity contribution in [3.63, 3.8) is 0 Å². The molecule has 2 unspecified atom stereocenters. The molecule has 0 fully saturated rings. The summed E-state index contributed by atoms with van der Waals surface area (Å²) in [5.41, 5.74) is 35.3. The van der Waals surface area contributed by atoms with Crippen molar-refractivity contribution in [1.29, 1.82) is 0 Å². The van der Waals surface area contributed by atoms with Crippen LogP contribution in [-0.4, -0.2) is 0 Å². The highest BCUT2D eigenvalue weighted by Crippen LogP contribution is 2.53. The topological polar surface area (TPSA) is 52.0 Å². The molecule has 2 heteroatoms. The van der Waals surface area contributed by atoms with Gasteiger partial charge in [0.15, 0.2) is 0 Å². The summed E-state index contributed by atoms with van der Waals surface area (Å²) in [6.07, 6.45) is 4.21. The lowest BCUT2D eigenvalue weighted by atomic mass is 9.80. The zero-order valence-corrected chi connectivity index (χ0v) is 29.2. The third kappa shape index (κ3) is 4.14. The van der Waals surface area contributed by atoms with Crippen molar-refractivity contribution in [3.05, 3.63) is 160 Å². The van der Waals surface area contributed by atoms with Crippen LogP contribution in [0.2, 0.25) is 0 Å². The van der Waals surface area contributed by atoms with Crippen LogP contribution in [0.4, 0.5) is 0 Å². The molecule has 240 valence electrons. The van der Waals surface area contributed by atoms with Crippen LogP contribution in [-0.2, 0) is 16.5 Å². The third-order valence-corrected chi connectivity index (χ3v) is 11.8. The Morgan fingerprint density at radius 2 is 0.776 bits per heavy atom. The number of allylic oxidation sites excluding steroid dienone is 1. The van der Waals surface area contributed by atoms with E-state index >= 15 is 0 Å². The van der Waals surface area contributed by atoms with Crippen LogP contribution in [0.3, 0.4) is 0 Å². The smallest absolute Gasteiger partial charge is 0.0649 e. The van der Waals surface area contributed by atoms with Crippen molar-refractivity contribution in [1.82, 2.24) is 0 Å². The van der Waals surface area contributed by atoms with Crippen LogP contribution >= 0.6 is 0 Å². The minimum Gasteiger partial charge on any atom is -0.318 e. The Morgan fingerprint density at radius 1 is 0.429 bits per heavy atom. The molecule has 6 aromatic carbocycles. The van der Waals surface area contributed by atoms with Crippen LogP contribution in [0.5, 0.6) is 0 Å².